The number of likely N-dealkylation sites (tertiary alicyclic amines) is 1. The van der Waals surface area contributed by atoms with Crippen LogP contribution in [0.2, 0.25) is 0 Å². The summed E-state index contributed by atoms with van der Waals surface area (Å²) >= 11 is 0. The molecule has 138 valence electrons. The Bertz CT molecular complexity index is 771. The summed E-state index contributed by atoms with van der Waals surface area (Å²) in [5.74, 6) is -0.846. The first kappa shape index (κ1) is 18.0. The fourth-order valence-corrected chi connectivity index (χ4v) is 2.85. The van der Waals surface area contributed by atoms with E-state index in [-0.39, 0.29) is 24.0 Å². The molecule has 0 saturated carbocycles. The van der Waals surface area contributed by atoms with Crippen LogP contribution in [0, 0.1) is 11.6 Å². The third-order valence-corrected chi connectivity index (χ3v) is 4.20. The molecule has 0 N–H and O–H groups in total. The number of methoxy groups -OCH3 is 1. The van der Waals surface area contributed by atoms with Gasteiger partial charge in [-0.2, -0.15) is 0 Å². The monoisotopic (exact) mass is 363 g/mol. The summed E-state index contributed by atoms with van der Waals surface area (Å²) in [7, 11) is 1.50. The molecule has 1 aliphatic rings. The van der Waals surface area contributed by atoms with Gasteiger partial charge in [-0.15, -0.1) is 10.2 Å². The van der Waals surface area contributed by atoms with E-state index in [4.69, 9.17) is 9.47 Å². The minimum absolute atomic E-state index is 0.110. The number of piperidine rings is 1. The molecule has 0 spiro atoms. The smallest absolute Gasteiger partial charge is 0.233 e. The van der Waals surface area contributed by atoms with Crippen LogP contribution in [0.1, 0.15) is 18.4 Å². The van der Waals surface area contributed by atoms with Crippen molar-refractivity contribution in [2.24, 2.45) is 0 Å². The van der Waals surface area contributed by atoms with Crippen molar-refractivity contribution in [1.29, 1.82) is 0 Å². The number of aromatic nitrogens is 2. The summed E-state index contributed by atoms with van der Waals surface area (Å²) in [5, 5.41) is 7.75. The molecule has 0 radical (unpaired) electrons. The van der Waals surface area contributed by atoms with Crippen molar-refractivity contribution < 1.29 is 23.0 Å². The van der Waals surface area contributed by atoms with Crippen LogP contribution >= 0.6 is 0 Å². The molecule has 8 heteroatoms. The molecular weight excluding hydrogens is 344 g/mol. The molecular formula is C18H19F2N3O3. The standard InChI is InChI=1S/C18H19F2N3O3/c1-25-16-6-7-17(22-21-16)26-14-3-2-8-23(11-14)18(24)9-12-4-5-13(19)10-15(12)20/h4-7,10,14H,2-3,8-9,11H2,1H3. The van der Waals surface area contributed by atoms with Crippen LogP contribution in [0.4, 0.5) is 8.78 Å². The quantitative estimate of drug-likeness (QED) is 0.816. The maximum atomic E-state index is 13.7. The first-order chi connectivity index (χ1) is 12.5. The van der Waals surface area contributed by atoms with Crippen LogP contribution in [-0.2, 0) is 11.2 Å². The number of carbonyl (C=O) groups is 1. The molecule has 2 aromatic rings. The molecule has 1 aromatic carbocycles. The highest BCUT2D eigenvalue weighted by atomic mass is 19.1. The lowest BCUT2D eigenvalue weighted by atomic mass is 10.1. The number of ether oxygens (including phenoxy) is 2. The Morgan fingerprint density at radius 1 is 1.23 bits per heavy atom. The van der Waals surface area contributed by atoms with Crippen molar-refractivity contribution in [2.75, 3.05) is 20.2 Å². The van der Waals surface area contributed by atoms with Crippen LogP contribution in [0.5, 0.6) is 11.8 Å². The maximum Gasteiger partial charge on any atom is 0.233 e. The Morgan fingerprint density at radius 3 is 2.69 bits per heavy atom. The van der Waals surface area contributed by atoms with E-state index < -0.39 is 11.6 Å². The first-order valence-electron chi connectivity index (χ1n) is 8.31. The molecule has 1 amide bonds. The van der Waals surface area contributed by atoms with Crippen LogP contribution in [0.15, 0.2) is 30.3 Å². The molecule has 2 heterocycles. The lowest BCUT2D eigenvalue weighted by Crippen LogP contribution is -2.45. The molecule has 1 unspecified atom stereocenters. The average molecular weight is 363 g/mol. The molecule has 26 heavy (non-hydrogen) atoms. The summed E-state index contributed by atoms with van der Waals surface area (Å²) in [6.07, 6.45) is 1.23. The van der Waals surface area contributed by atoms with Crippen molar-refractivity contribution in [3.63, 3.8) is 0 Å². The highest BCUT2D eigenvalue weighted by Gasteiger charge is 2.26. The minimum atomic E-state index is -0.711. The Morgan fingerprint density at radius 2 is 2.00 bits per heavy atom. The molecule has 3 rings (SSSR count). The van der Waals surface area contributed by atoms with E-state index in [9.17, 15) is 13.6 Å². The number of benzene rings is 1. The van der Waals surface area contributed by atoms with Crippen molar-refractivity contribution in [2.45, 2.75) is 25.4 Å². The Balaban J connectivity index is 1.59. The van der Waals surface area contributed by atoms with Gasteiger partial charge in [0.2, 0.25) is 17.7 Å². The molecule has 6 nitrogen and oxygen atoms in total. The normalized spacial score (nSPS) is 17.0. The summed E-state index contributed by atoms with van der Waals surface area (Å²) in [6.45, 7) is 0.963. The van der Waals surface area contributed by atoms with Gasteiger partial charge >= 0.3 is 0 Å². The van der Waals surface area contributed by atoms with E-state index in [0.29, 0.717) is 24.8 Å². The summed E-state index contributed by atoms with van der Waals surface area (Å²) in [5.41, 5.74) is 0.181. The molecule has 1 aromatic heterocycles. The third-order valence-electron chi connectivity index (χ3n) is 4.20. The van der Waals surface area contributed by atoms with Crippen LogP contribution in [0.3, 0.4) is 0 Å². The lowest BCUT2D eigenvalue weighted by molar-refractivity contribution is -0.133. The zero-order chi connectivity index (χ0) is 18.5. The Hall–Kier alpha value is -2.77. The van der Waals surface area contributed by atoms with Crippen molar-refractivity contribution in [3.8, 4) is 11.8 Å². The van der Waals surface area contributed by atoms with Crippen molar-refractivity contribution >= 4 is 5.91 Å². The van der Waals surface area contributed by atoms with Crippen molar-refractivity contribution in [1.82, 2.24) is 15.1 Å². The Labute approximate surface area is 149 Å². The highest BCUT2D eigenvalue weighted by molar-refractivity contribution is 5.79. The third kappa shape index (κ3) is 4.44. The van der Waals surface area contributed by atoms with Gasteiger partial charge in [0.05, 0.1) is 20.1 Å². The number of nitrogens with zero attached hydrogens (tertiary/aromatic N) is 3. The van der Waals surface area contributed by atoms with E-state index in [0.717, 1.165) is 25.0 Å². The predicted molar refractivity (Wildman–Crippen MR) is 88.9 cm³/mol. The molecule has 0 aliphatic carbocycles. The SMILES string of the molecule is COc1ccc(OC2CCCN(C(=O)Cc3ccc(F)cc3F)C2)nn1. The van der Waals surface area contributed by atoms with Crippen LogP contribution in [-0.4, -0.2) is 47.3 Å². The van der Waals surface area contributed by atoms with Gasteiger partial charge in [0, 0.05) is 24.7 Å². The predicted octanol–water partition coefficient (Wildman–Crippen LogP) is 2.38. The molecule has 1 fully saturated rings. The summed E-state index contributed by atoms with van der Waals surface area (Å²) in [4.78, 5) is 14.1. The lowest BCUT2D eigenvalue weighted by Gasteiger charge is -2.32. The summed E-state index contributed by atoms with van der Waals surface area (Å²) in [6, 6.07) is 6.53. The fourth-order valence-electron chi connectivity index (χ4n) is 2.85. The maximum absolute atomic E-state index is 13.7. The van der Waals surface area contributed by atoms with E-state index in [1.165, 1.54) is 13.2 Å². The molecule has 1 atom stereocenters. The second-order valence-electron chi connectivity index (χ2n) is 6.05. The number of halogens is 2. The van der Waals surface area contributed by atoms with Gasteiger partial charge < -0.3 is 14.4 Å². The topological polar surface area (TPSA) is 64.6 Å². The first-order valence-corrected chi connectivity index (χ1v) is 8.31. The van der Waals surface area contributed by atoms with Crippen molar-refractivity contribution in [3.05, 3.63) is 47.5 Å². The van der Waals surface area contributed by atoms with E-state index >= 15 is 0 Å². The van der Waals surface area contributed by atoms with Gasteiger partial charge in [-0.05, 0) is 24.5 Å². The Kier molecular flexibility index (Phi) is 5.60. The van der Waals surface area contributed by atoms with Gasteiger partial charge in [-0.3, -0.25) is 4.79 Å². The van der Waals surface area contributed by atoms with Crippen LogP contribution < -0.4 is 9.47 Å². The summed E-state index contributed by atoms with van der Waals surface area (Å²) < 4.78 is 37.4. The highest BCUT2D eigenvalue weighted by Crippen LogP contribution is 2.19. The van der Waals surface area contributed by atoms with Gasteiger partial charge in [-0.25, -0.2) is 8.78 Å². The molecule has 1 saturated heterocycles. The van der Waals surface area contributed by atoms with Gasteiger partial charge in [-0.1, -0.05) is 6.07 Å². The van der Waals surface area contributed by atoms with Crippen LogP contribution in [0.25, 0.3) is 0 Å². The van der Waals surface area contributed by atoms with E-state index in [1.807, 2.05) is 0 Å². The van der Waals surface area contributed by atoms with Gasteiger partial charge in [0.1, 0.15) is 17.7 Å². The minimum Gasteiger partial charge on any atom is -0.480 e. The largest absolute Gasteiger partial charge is 0.480 e. The second-order valence-corrected chi connectivity index (χ2v) is 6.05. The zero-order valence-electron chi connectivity index (χ0n) is 14.3. The zero-order valence-corrected chi connectivity index (χ0v) is 14.3. The molecule has 0 bridgehead atoms. The fraction of sp³-hybridized carbons (Fsp3) is 0.389. The van der Waals surface area contributed by atoms with Gasteiger partial charge in [0.25, 0.3) is 0 Å². The number of carbonyl (C=O) groups excluding carboxylic acids is 1. The number of amides is 1. The average Bonchev–Trinajstić information content (AvgIpc) is 2.65. The second kappa shape index (κ2) is 8.07. The van der Waals surface area contributed by atoms with E-state index in [2.05, 4.69) is 10.2 Å². The molecule has 1 aliphatic heterocycles. The number of hydrogen-bond acceptors (Lipinski definition) is 5. The number of hydrogen-bond donors (Lipinski definition) is 0. The van der Waals surface area contributed by atoms with E-state index in [1.54, 1.807) is 17.0 Å². The number of rotatable bonds is 5. The van der Waals surface area contributed by atoms with Gasteiger partial charge in [0.15, 0.2) is 0 Å².